The monoisotopic (exact) mass is 337 g/mol. The van der Waals surface area contributed by atoms with Crippen molar-refractivity contribution in [1.82, 2.24) is 20.9 Å². The van der Waals surface area contributed by atoms with Crippen molar-refractivity contribution in [2.75, 3.05) is 26.7 Å². The van der Waals surface area contributed by atoms with Gasteiger partial charge in [0.25, 0.3) is 0 Å². The van der Waals surface area contributed by atoms with E-state index in [1.54, 1.807) is 18.4 Å². The number of guanidine groups is 1. The van der Waals surface area contributed by atoms with Crippen LogP contribution in [0.5, 0.6) is 0 Å². The molecule has 2 rings (SSSR count). The molecule has 0 aromatic carbocycles. The number of nitrogens with zero attached hydrogens (tertiary/aromatic N) is 2. The normalized spacial score (nSPS) is 16.5. The number of aliphatic imine (C=N–C) groups is 1. The Bertz CT molecular complexity index is 582. The lowest BCUT2D eigenvalue weighted by molar-refractivity contribution is -0.124. The molecule has 1 unspecified atom stereocenters. The second-order valence-electron chi connectivity index (χ2n) is 5.46. The minimum Gasteiger partial charge on any atom is -0.355 e. The van der Waals surface area contributed by atoms with E-state index in [0.29, 0.717) is 19.0 Å². The molecule has 2 heterocycles. The number of amides is 3. The molecule has 1 fully saturated rings. The Kier molecular flexibility index (Phi) is 5.97. The van der Waals surface area contributed by atoms with Crippen molar-refractivity contribution in [1.29, 1.82) is 0 Å². The third-order valence-corrected chi connectivity index (χ3v) is 4.50. The van der Waals surface area contributed by atoms with Crippen LogP contribution in [0.4, 0.5) is 4.79 Å². The maximum atomic E-state index is 11.5. The first-order valence-electron chi connectivity index (χ1n) is 7.60. The quantitative estimate of drug-likeness (QED) is 0.405. The van der Waals surface area contributed by atoms with Crippen LogP contribution in [0.2, 0.25) is 0 Å². The van der Waals surface area contributed by atoms with E-state index in [1.807, 2.05) is 0 Å². The molecule has 0 spiro atoms. The predicted molar refractivity (Wildman–Crippen MR) is 91.8 cm³/mol. The van der Waals surface area contributed by atoms with Crippen LogP contribution >= 0.6 is 11.3 Å². The average molecular weight is 337 g/mol. The lowest BCUT2D eigenvalue weighted by atomic mass is 10.2. The summed E-state index contributed by atoms with van der Waals surface area (Å²) in [4.78, 5) is 30.9. The van der Waals surface area contributed by atoms with Crippen molar-refractivity contribution in [3.05, 3.63) is 21.9 Å². The van der Waals surface area contributed by atoms with Gasteiger partial charge in [-0.15, -0.1) is 11.3 Å². The average Bonchev–Trinajstić information content (AvgIpc) is 3.05. The summed E-state index contributed by atoms with van der Waals surface area (Å²) in [7, 11) is 1.70. The standard InChI is InChI=1S/C15H23N5O2S/c1-10(8-12-5-4-11(2)23-12)19-14(16-3)17-6-7-20-13(21)9-18-15(20)22/h4-5,10H,6-9H2,1-3H3,(H,18,22)(H2,16,17,19). The summed E-state index contributed by atoms with van der Waals surface area (Å²) in [6.07, 6.45) is 0.923. The number of carbonyl (C=O) groups is 2. The molecule has 0 bridgehead atoms. The first kappa shape index (κ1) is 17.3. The fourth-order valence-electron chi connectivity index (χ4n) is 2.34. The van der Waals surface area contributed by atoms with Crippen LogP contribution in [0.25, 0.3) is 0 Å². The lowest BCUT2D eigenvalue weighted by Crippen LogP contribution is -2.46. The summed E-state index contributed by atoms with van der Waals surface area (Å²) >= 11 is 1.80. The first-order chi connectivity index (χ1) is 11.0. The summed E-state index contributed by atoms with van der Waals surface area (Å²) in [6.45, 7) is 5.07. The number of imide groups is 1. The second-order valence-corrected chi connectivity index (χ2v) is 6.84. The topological polar surface area (TPSA) is 85.8 Å². The van der Waals surface area contributed by atoms with Crippen LogP contribution in [-0.4, -0.2) is 55.5 Å². The van der Waals surface area contributed by atoms with E-state index < -0.39 is 0 Å². The highest BCUT2D eigenvalue weighted by molar-refractivity contribution is 7.11. The first-order valence-corrected chi connectivity index (χ1v) is 8.42. The van der Waals surface area contributed by atoms with Gasteiger partial charge in [0.1, 0.15) is 0 Å². The van der Waals surface area contributed by atoms with Crippen LogP contribution in [0.1, 0.15) is 16.7 Å². The Balaban J connectivity index is 1.74. The van der Waals surface area contributed by atoms with Gasteiger partial charge in [-0.2, -0.15) is 0 Å². The largest absolute Gasteiger partial charge is 0.355 e. The highest BCUT2D eigenvalue weighted by Crippen LogP contribution is 2.16. The van der Waals surface area contributed by atoms with Crippen LogP contribution in [0, 0.1) is 6.92 Å². The van der Waals surface area contributed by atoms with Crippen molar-refractivity contribution in [2.45, 2.75) is 26.3 Å². The summed E-state index contributed by atoms with van der Waals surface area (Å²) < 4.78 is 0. The van der Waals surface area contributed by atoms with Crippen LogP contribution in [0.15, 0.2) is 17.1 Å². The van der Waals surface area contributed by atoms with E-state index in [1.165, 1.54) is 14.7 Å². The number of aryl methyl sites for hydroxylation is 1. The molecular formula is C15H23N5O2S. The number of thiophene rings is 1. The van der Waals surface area contributed by atoms with Gasteiger partial charge in [0, 0.05) is 42.4 Å². The number of nitrogens with one attached hydrogen (secondary N) is 3. The number of hydrogen-bond donors (Lipinski definition) is 3. The fourth-order valence-corrected chi connectivity index (χ4v) is 3.36. The van der Waals surface area contributed by atoms with E-state index in [2.05, 4.69) is 46.9 Å². The summed E-state index contributed by atoms with van der Waals surface area (Å²) in [5, 5.41) is 8.94. The second kappa shape index (κ2) is 7.96. The molecule has 3 amide bonds. The fraction of sp³-hybridized carbons (Fsp3) is 0.533. The van der Waals surface area contributed by atoms with Crippen LogP contribution in [0.3, 0.4) is 0 Å². The molecule has 126 valence electrons. The van der Waals surface area contributed by atoms with Gasteiger partial charge in [-0.1, -0.05) is 0 Å². The third-order valence-electron chi connectivity index (χ3n) is 3.48. The SMILES string of the molecule is CN=C(NCCN1C(=O)CNC1=O)NC(C)Cc1ccc(C)s1. The Morgan fingerprint density at radius 1 is 1.48 bits per heavy atom. The molecule has 1 aliphatic heterocycles. The molecular weight excluding hydrogens is 314 g/mol. The van der Waals surface area contributed by atoms with Gasteiger partial charge in [0.05, 0.1) is 6.54 Å². The Morgan fingerprint density at radius 2 is 2.26 bits per heavy atom. The summed E-state index contributed by atoms with van der Waals surface area (Å²) in [5.74, 6) is 0.471. The van der Waals surface area contributed by atoms with Crippen molar-refractivity contribution >= 4 is 29.2 Å². The lowest BCUT2D eigenvalue weighted by Gasteiger charge is -2.19. The van der Waals surface area contributed by atoms with Crippen molar-refractivity contribution in [3.63, 3.8) is 0 Å². The van der Waals surface area contributed by atoms with Gasteiger partial charge >= 0.3 is 6.03 Å². The van der Waals surface area contributed by atoms with Crippen molar-refractivity contribution in [3.8, 4) is 0 Å². The molecule has 1 saturated heterocycles. The number of urea groups is 1. The van der Waals surface area contributed by atoms with Gasteiger partial charge in [-0.3, -0.25) is 14.7 Å². The molecule has 1 aromatic heterocycles. The van der Waals surface area contributed by atoms with Gasteiger partial charge < -0.3 is 16.0 Å². The Labute approximate surface area is 140 Å². The zero-order valence-electron chi connectivity index (χ0n) is 13.7. The van der Waals surface area contributed by atoms with E-state index in [-0.39, 0.29) is 24.5 Å². The molecule has 23 heavy (non-hydrogen) atoms. The number of hydrogen-bond acceptors (Lipinski definition) is 4. The van der Waals surface area contributed by atoms with E-state index in [9.17, 15) is 9.59 Å². The van der Waals surface area contributed by atoms with E-state index >= 15 is 0 Å². The molecule has 1 atom stereocenters. The smallest absolute Gasteiger partial charge is 0.324 e. The molecule has 0 radical (unpaired) electrons. The maximum Gasteiger partial charge on any atom is 0.324 e. The molecule has 7 nitrogen and oxygen atoms in total. The van der Waals surface area contributed by atoms with E-state index in [4.69, 9.17) is 0 Å². The van der Waals surface area contributed by atoms with Crippen molar-refractivity contribution in [2.24, 2.45) is 4.99 Å². The summed E-state index contributed by atoms with van der Waals surface area (Å²) in [6, 6.07) is 4.17. The molecule has 1 aromatic rings. The van der Waals surface area contributed by atoms with E-state index in [0.717, 1.165) is 6.42 Å². The highest BCUT2D eigenvalue weighted by Gasteiger charge is 2.27. The van der Waals surface area contributed by atoms with Gasteiger partial charge in [0.15, 0.2) is 5.96 Å². The van der Waals surface area contributed by atoms with Gasteiger partial charge in [0.2, 0.25) is 5.91 Å². The zero-order chi connectivity index (χ0) is 16.8. The number of rotatable bonds is 6. The minimum atomic E-state index is -0.332. The molecule has 3 N–H and O–H groups in total. The summed E-state index contributed by atoms with van der Waals surface area (Å²) in [5.41, 5.74) is 0. The molecule has 0 saturated carbocycles. The molecule has 1 aliphatic rings. The highest BCUT2D eigenvalue weighted by atomic mass is 32.1. The Hall–Kier alpha value is -2.09. The van der Waals surface area contributed by atoms with Gasteiger partial charge in [-0.05, 0) is 26.0 Å². The van der Waals surface area contributed by atoms with Crippen LogP contribution < -0.4 is 16.0 Å². The zero-order valence-corrected chi connectivity index (χ0v) is 14.5. The maximum absolute atomic E-state index is 11.5. The molecule has 0 aliphatic carbocycles. The molecule has 8 heteroatoms. The third kappa shape index (κ3) is 4.95. The predicted octanol–water partition coefficient (Wildman–Crippen LogP) is 0.704. The van der Waals surface area contributed by atoms with Crippen molar-refractivity contribution < 1.29 is 9.59 Å². The van der Waals surface area contributed by atoms with Crippen LogP contribution in [-0.2, 0) is 11.2 Å². The number of carbonyl (C=O) groups excluding carboxylic acids is 2. The van der Waals surface area contributed by atoms with Gasteiger partial charge in [-0.25, -0.2) is 4.79 Å². The minimum absolute atomic E-state index is 0.0864. The Morgan fingerprint density at radius 3 is 2.83 bits per heavy atom.